The maximum atomic E-state index is 11.9. The summed E-state index contributed by atoms with van der Waals surface area (Å²) in [5.41, 5.74) is 1.86. The Morgan fingerprint density at radius 1 is 1.53 bits per heavy atom. The molecule has 0 saturated heterocycles. The molecule has 0 bridgehead atoms. The second-order valence-electron chi connectivity index (χ2n) is 3.46. The molecule has 0 saturated carbocycles. The lowest BCUT2D eigenvalue weighted by atomic mass is 10.2. The first kappa shape index (κ1) is 12.1. The van der Waals surface area contributed by atoms with Gasteiger partial charge in [0, 0.05) is 5.69 Å². The molecule has 1 amide bonds. The van der Waals surface area contributed by atoms with Crippen molar-refractivity contribution in [3.63, 3.8) is 0 Å². The molecule has 0 radical (unpaired) electrons. The zero-order chi connectivity index (χ0) is 12.4. The van der Waals surface area contributed by atoms with Crippen molar-refractivity contribution in [1.29, 1.82) is 0 Å². The third-order valence-electron chi connectivity index (χ3n) is 2.27. The van der Waals surface area contributed by atoms with E-state index in [1.54, 1.807) is 25.1 Å². The number of anilines is 1. The minimum Gasteiger partial charge on any atom is -0.321 e. The molecule has 1 aromatic carbocycles. The number of nitrogens with one attached hydrogen (secondary N) is 2. The van der Waals surface area contributed by atoms with Crippen molar-refractivity contribution >= 4 is 39.1 Å². The van der Waals surface area contributed by atoms with Gasteiger partial charge >= 0.3 is 0 Å². The van der Waals surface area contributed by atoms with E-state index in [4.69, 9.17) is 11.6 Å². The maximum Gasteiger partial charge on any atom is 0.259 e. The van der Waals surface area contributed by atoms with Crippen LogP contribution in [0.5, 0.6) is 0 Å². The number of hydrogen-bond donors (Lipinski definition) is 2. The molecule has 6 heteroatoms. The Labute approximate surface area is 111 Å². The van der Waals surface area contributed by atoms with Gasteiger partial charge in [0.05, 0.1) is 26.9 Å². The van der Waals surface area contributed by atoms with Crippen LogP contribution in [0.4, 0.5) is 5.69 Å². The molecule has 0 aliphatic heterocycles. The summed E-state index contributed by atoms with van der Waals surface area (Å²) in [6, 6.07) is 5.28. The molecule has 88 valence electrons. The minimum atomic E-state index is -0.223. The van der Waals surface area contributed by atoms with Crippen LogP contribution in [0, 0.1) is 6.92 Å². The molecule has 2 N–H and O–H groups in total. The molecular formula is C11H9BrClN3O. The van der Waals surface area contributed by atoms with E-state index >= 15 is 0 Å². The van der Waals surface area contributed by atoms with Gasteiger partial charge in [-0.25, -0.2) is 0 Å². The van der Waals surface area contributed by atoms with E-state index in [0.717, 1.165) is 5.69 Å². The highest BCUT2D eigenvalue weighted by Gasteiger charge is 2.13. The summed E-state index contributed by atoms with van der Waals surface area (Å²) in [6.45, 7) is 1.79. The van der Waals surface area contributed by atoms with Gasteiger partial charge in [0.1, 0.15) is 0 Å². The summed E-state index contributed by atoms with van der Waals surface area (Å²) in [7, 11) is 0. The van der Waals surface area contributed by atoms with Crippen LogP contribution in [-0.4, -0.2) is 16.1 Å². The number of amides is 1. The van der Waals surface area contributed by atoms with Gasteiger partial charge in [-0.2, -0.15) is 5.10 Å². The quantitative estimate of drug-likeness (QED) is 0.892. The van der Waals surface area contributed by atoms with E-state index in [9.17, 15) is 4.79 Å². The number of benzene rings is 1. The minimum absolute atomic E-state index is 0.223. The number of rotatable bonds is 2. The van der Waals surface area contributed by atoms with Gasteiger partial charge in [0.15, 0.2) is 0 Å². The summed E-state index contributed by atoms with van der Waals surface area (Å²) in [4.78, 5) is 11.9. The monoisotopic (exact) mass is 313 g/mol. The Balaban J connectivity index is 2.25. The van der Waals surface area contributed by atoms with Crippen LogP contribution < -0.4 is 5.32 Å². The lowest BCUT2D eigenvalue weighted by Gasteiger charge is -2.07. The average molecular weight is 315 g/mol. The van der Waals surface area contributed by atoms with Gasteiger partial charge in [-0.1, -0.05) is 17.7 Å². The summed E-state index contributed by atoms with van der Waals surface area (Å²) >= 11 is 9.26. The van der Waals surface area contributed by atoms with E-state index in [2.05, 4.69) is 31.4 Å². The number of carbonyl (C=O) groups is 1. The standard InChI is InChI=1S/C11H9BrClN3O/c1-6-7(5-14-16-6)11(17)15-9-4-2-3-8(13)10(9)12/h2-5H,1H3,(H,14,16)(H,15,17). The summed E-state index contributed by atoms with van der Waals surface area (Å²) in [5.74, 6) is -0.223. The van der Waals surface area contributed by atoms with Crippen LogP contribution in [0.1, 0.15) is 16.1 Å². The molecule has 0 aliphatic rings. The SMILES string of the molecule is Cc1[nH]ncc1C(=O)Nc1cccc(Cl)c1Br. The predicted octanol–water partition coefficient (Wildman–Crippen LogP) is 3.39. The smallest absolute Gasteiger partial charge is 0.259 e. The molecule has 0 spiro atoms. The zero-order valence-electron chi connectivity index (χ0n) is 8.92. The lowest BCUT2D eigenvalue weighted by molar-refractivity contribution is 0.102. The number of aromatic amines is 1. The van der Waals surface area contributed by atoms with Gasteiger partial charge in [0.25, 0.3) is 5.91 Å². The summed E-state index contributed by atoms with van der Waals surface area (Å²) in [5, 5.41) is 9.83. The number of nitrogens with zero attached hydrogens (tertiary/aromatic N) is 1. The molecule has 0 aliphatic carbocycles. The fourth-order valence-corrected chi connectivity index (χ4v) is 1.91. The molecule has 1 aromatic heterocycles. The molecule has 0 fully saturated rings. The van der Waals surface area contributed by atoms with E-state index < -0.39 is 0 Å². The number of halogens is 2. The van der Waals surface area contributed by atoms with E-state index in [1.807, 2.05) is 0 Å². The van der Waals surface area contributed by atoms with E-state index in [1.165, 1.54) is 6.20 Å². The van der Waals surface area contributed by atoms with Gasteiger partial charge in [-0.05, 0) is 35.0 Å². The van der Waals surface area contributed by atoms with Crippen molar-refractivity contribution in [1.82, 2.24) is 10.2 Å². The fourth-order valence-electron chi connectivity index (χ4n) is 1.37. The number of aromatic nitrogens is 2. The number of carbonyl (C=O) groups excluding carboxylic acids is 1. The molecule has 0 unspecified atom stereocenters. The topological polar surface area (TPSA) is 57.8 Å². The molecule has 0 atom stereocenters. The molecule has 17 heavy (non-hydrogen) atoms. The Hall–Kier alpha value is -1.33. The first-order chi connectivity index (χ1) is 8.09. The highest BCUT2D eigenvalue weighted by molar-refractivity contribution is 9.10. The number of H-pyrrole nitrogens is 1. The van der Waals surface area contributed by atoms with Crippen molar-refractivity contribution in [3.8, 4) is 0 Å². The largest absolute Gasteiger partial charge is 0.321 e. The first-order valence-electron chi connectivity index (χ1n) is 4.85. The van der Waals surface area contributed by atoms with Crippen LogP contribution >= 0.6 is 27.5 Å². The summed E-state index contributed by atoms with van der Waals surface area (Å²) < 4.78 is 0.663. The third-order valence-corrected chi connectivity index (χ3v) is 3.67. The fraction of sp³-hybridized carbons (Fsp3) is 0.0909. The lowest BCUT2D eigenvalue weighted by Crippen LogP contribution is -2.12. The molecule has 1 heterocycles. The Bertz CT molecular complexity index is 568. The average Bonchev–Trinajstić information content (AvgIpc) is 2.71. The Morgan fingerprint density at radius 2 is 2.29 bits per heavy atom. The second-order valence-corrected chi connectivity index (χ2v) is 4.66. The highest BCUT2D eigenvalue weighted by atomic mass is 79.9. The van der Waals surface area contributed by atoms with Crippen LogP contribution in [0.2, 0.25) is 5.02 Å². The van der Waals surface area contributed by atoms with Crippen molar-refractivity contribution < 1.29 is 4.79 Å². The Kier molecular flexibility index (Phi) is 3.49. The van der Waals surface area contributed by atoms with Crippen LogP contribution in [0.15, 0.2) is 28.9 Å². The van der Waals surface area contributed by atoms with Crippen molar-refractivity contribution in [2.75, 3.05) is 5.32 Å². The van der Waals surface area contributed by atoms with Gasteiger partial charge in [-0.15, -0.1) is 0 Å². The maximum absolute atomic E-state index is 11.9. The molecule has 2 rings (SSSR count). The van der Waals surface area contributed by atoms with Crippen LogP contribution in [0.25, 0.3) is 0 Å². The van der Waals surface area contributed by atoms with Gasteiger partial charge in [0.2, 0.25) is 0 Å². The third kappa shape index (κ3) is 2.50. The predicted molar refractivity (Wildman–Crippen MR) is 70.4 cm³/mol. The molecule has 4 nitrogen and oxygen atoms in total. The normalized spacial score (nSPS) is 10.3. The Morgan fingerprint density at radius 3 is 2.94 bits per heavy atom. The molecular weight excluding hydrogens is 305 g/mol. The van der Waals surface area contributed by atoms with Crippen molar-refractivity contribution in [2.24, 2.45) is 0 Å². The van der Waals surface area contributed by atoms with Crippen molar-refractivity contribution in [3.05, 3.63) is 45.1 Å². The van der Waals surface area contributed by atoms with Gasteiger partial charge < -0.3 is 5.32 Å². The number of aryl methyl sites for hydroxylation is 1. The second kappa shape index (κ2) is 4.89. The zero-order valence-corrected chi connectivity index (χ0v) is 11.3. The number of hydrogen-bond acceptors (Lipinski definition) is 2. The highest BCUT2D eigenvalue weighted by Crippen LogP contribution is 2.30. The van der Waals surface area contributed by atoms with Crippen LogP contribution in [0.3, 0.4) is 0 Å². The van der Waals surface area contributed by atoms with E-state index in [0.29, 0.717) is 20.7 Å². The first-order valence-corrected chi connectivity index (χ1v) is 6.02. The van der Waals surface area contributed by atoms with Gasteiger partial charge in [-0.3, -0.25) is 9.89 Å². The van der Waals surface area contributed by atoms with Crippen LogP contribution in [-0.2, 0) is 0 Å². The molecule has 2 aromatic rings. The summed E-state index contributed by atoms with van der Waals surface area (Å²) in [6.07, 6.45) is 1.49. The van der Waals surface area contributed by atoms with Crippen molar-refractivity contribution in [2.45, 2.75) is 6.92 Å². The van der Waals surface area contributed by atoms with E-state index in [-0.39, 0.29) is 5.91 Å².